The van der Waals surface area contributed by atoms with Crippen molar-refractivity contribution in [1.82, 2.24) is 4.31 Å². The summed E-state index contributed by atoms with van der Waals surface area (Å²) in [6.45, 7) is 4.59. The molecule has 1 aliphatic heterocycles. The van der Waals surface area contributed by atoms with Crippen molar-refractivity contribution in [2.45, 2.75) is 31.0 Å². The van der Waals surface area contributed by atoms with Gasteiger partial charge in [0.05, 0.1) is 17.1 Å². The van der Waals surface area contributed by atoms with Crippen LogP contribution in [0, 0.1) is 6.07 Å². The summed E-state index contributed by atoms with van der Waals surface area (Å²) in [4.78, 5) is 0.317. The highest BCUT2D eigenvalue weighted by Crippen LogP contribution is 2.20. The minimum Gasteiger partial charge on any atom is -0.373 e. The summed E-state index contributed by atoms with van der Waals surface area (Å²) in [5.74, 6) is 0. The Labute approximate surface area is 102 Å². The lowest BCUT2D eigenvalue weighted by Gasteiger charge is -2.34. The molecule has 2 atom stereocenters. The number of rotatable bonds is 2. The first-order valence-electron chi connectivity index (χ1n) is 5.62. The van der Waals surface area contributed by atoms with Crippen molar-refractivity contribution in [1.29, 1.82) is 0 Å². The normalized spacial score (nSPS) is 26.9. The number of sulfonamides is 1. The molecule has 1 saturated heterocycles. The first-order valence-corrected chi connectivity index (χ1v) is 7.06. The molecule has 5 heteroatoms. The van der Waals surface area contributed by atoms with E-state index in [-0.39, 0.29) is 12.2 Å². The number of ether oxygens (including phenoxy) is 1. The second-order valence-electron chi connectivity index (χ2n) is 4.32. The van der Waals surface area contributed by atoms with Crippen LogP contribution in [0.15, 0.2) is 29.2 Å². The fourth-order valence-electron chi connectivity index (χ4n) is 2.02. The summed E-state index contributed by atoms with van der Waals surface area (Å²) in [7, 11) is -3.39. The van der Waals surface area contributed by atoms with Gasteiger partial charge < -0.3 is 4.74 Å². The van der Waals surface area contributed by atoms with Crippen molar-refractivity contribution in [2.75, 3.05) is 13.1 Å². The lowest BCUT2D eigenvalue weighted by Crippen LogP contribution is -2.48. The van der Waals surface area contributed by atoms with E-state index in [0.717, 1.165) is 0 Å². The molecule has 1 fully saturated rings. The molecule has 0 aliphatic carbocycles. The molecule has 1 heterocycles. The molecule has 2 unspecified atom stereocenters. The van der Waals surface area contributed by atoms with Crippen molar-refractivity contribution in [2.24, 2.45) is 0 Å². The van der Waals surface area contributed by atoms with Gasteiger partial charge >= 0.3 is 0 Å². The van der Waals surface area contributed by atoms with Gasteiger partial charge in [0.15, 0.2) is 0 Å². The third kappa shape index (κ3) is 2.68. The van der Waals surface area contributed by atoms with Crippen LogP contribution in [0.4, 0.5) is 0 Å². The average Bonchev–Trinajstić information content (AvgIpc) is 2.29. The molecule has 1 radical (unpaired) electrons. The third-order valence-corrected chi connectivity index (χ3v) is 4.56. The summed E-state index contributed by atoms with van der Waals surface area (Å²) in [5, 5.41) is 0. The molecule has 0 amide bonds. The van der Waals surface area contributed by atoms with E-state index < -0.39 is 10.0 Å². The smallest absolute Gasteiger partial charge is 0.243 e. The van der Waals surface area contributed by atoms with Crippen LogP contribution in [0.25, 0.3) is 0 Å². The highest BCUT2D eigenvalue weighted by Gasteiger charge is 2.31. The standard InChI is InChI=1S/C12H16NO3S/c1-10-8-13(9-11(2)16-10)17(14,15)12-6-4-3-5-7-12/h4-7,10-11H,8-9H2,1-2H3. The molecular formula is C12H16NO3S. The summed E-state index contributed by atoms with van der Waals surface area (Å²) >= 11 is 0. The Bertz CT molecular complexity index is 462. The van der Waals surface area contributed by atoms with E-state index in [4.69, 9.17) is 4.74 Å². The largest absolute Gasteiger partial charge is 0.373 e. The highest BCUT2D eigenvalue weighted by atomic mass is 32.2. The van der Waals surface area contributed by atoms with Gasteiger partial charge in [-0.15, -0.1) is 0 Å². The van der Waals surface area contributed by atoms with Crippen LogP contribution in [0.1, 0.15) is 13.8 Å². The van der Waals surface area contributed by atoms with Crippen molar-refractivity contribution in [3.05, 3.63) is 30.3 Å². The Morgan fingerprint density at radius 3 is 2.29 bits per heavy atom. The highest BCUT2D eigenvalue weighted by molar-refractivity contribution is 7.89. The number of hydrogen-bond acceptors (Lipinski definition) is 3. The van der Waals surface area contributed by atoms with E-state index >= 15 is 0 Å². The van der Waals surface area contributed by atoms with Crippen LogP contribution in [0.2, 0.25) is 0 Å². The van der Waals surface area contributed by atoms with Gasteiger partial charge in [-0.05, 0) is 32.0 Å². The van der Waals surface area contributed by atoms with Crippen LogP contribution in [0.3, 0.4) is 0 Å². The van der Waals surface area contributed by atoms with Gasteiger partial charge in [0, 0.05) is 13.1 Å². The van der Waals surface area contributed by atoms with E-state index in [1.54, 1.807) is 24.3 Å². The fourth-order valence-corrected chi connectivity index (χ4v) is 3.61. The molecule has 0 aromatic heterocycles. The van der Waals surface area contributed by atoms with E-state index in [0.29, 0.717) is 18.0 Å². The molecule has 1 aromatic rings. The Balaban J connectivity index is 2.27. The number of benzene rings is 1. The second kappa shape index (κ2) is 4.76. The maximum Gasteiger partial charge on any atom is 0.243 e. The van der Waals surface area contributed by atoms with E-state index in [1.807, 2.05) is 13.8 Å². The average molecular weight is 254 g/mol. The monoisotopic (exact) mass is 254 g/mol. The zero-order chi connectivity index (χ0) is 12.5. The number of morpholine rings is 1. The van der Waals surface area contributed by atoms with Crippen LogP contribution >= 0.6 is 0 Å². The lowest BCUT2D eigenvalue weighted by molar-refractivity contribution is -0.0440. The van der Waals surface area contributed by atoms with E-state index in [1.165, 1.54) is 4.31 Å². The molecule has 4 nitrogen and oxygen atoms in total. The molecule has 1 aromatic carbocycles. The van der Waals surface area contributed by atoms with Crippen LogP contribution in [0.5, 0.6) is 0 Å². The molecular weight excluding hydrogens is 238 g/mol. The predicted octanol–water partition coefficient (Wildman–Crippen LogP) is 1.28. The Morgan fingerprint density at radius 1 is 1.24 bits per heavy atom. The summed E-state index contributed by atoms with van der Waals surface area (Å²) < 4.78 is 31.7. The minimum absolute atomic E-state index is 0.0659. The molecule has 2 rings (SSSR count). The molecule has 0 spiro atoms. The van der Waals surface area contributed by atoms with Crippen LogP contribution < -0.4 is 0 Å². The number of hydrogen-bond donors (Lipinski definition) is 0. The van der Waals surface area contributed by atoms with E-state index in [9.17, 15) is 8.42 Å². The predicted molar refractivity (Wildman–Crippen MR) is 64.0 cm³/mol. The molecule has 0 saturated carbocycles. The van der Waals surface area contributed by atoms with Crippen molar-refractivity contribution >= 4 is 10.0 Å². The maximum absolute atomic E-state index is 12.3. The van der Waals surface area contributed by atoms with Crippen molar-refractivity contribution in [3.8, 4) is 0 Å². The zero-order valence-electron chi connectivity index (χ0n) is 9.96. The van der Waals surface area contributed by atoms with Crippen molar-refractivity contribution in [3.63, 3.8) is 0 Å². The van der Waals surface area contributed by atoms with Gasteiger partial charge in [0.25, 0.3) is 0 Å². The summed E-state index contributed by atoms with van der Waals surface area (Å²) in [5.41, 5.74) is 0. The fraction of sp³-hybridized carbons (Fsp3) is 0.500. The Morgan fingerprint density at radius 2 is 1.76 bits per heavy atom. The maximum atomic E-state index is 12.3. The lowest BCUT2D eigenvalue weighted by atomic mass is 10.3. The van der Waals surface area contributed by atoms with E-state index in [2.05, 4.69) is 6.07 Å². The quantitative estimate of drug-likeness (QED) is 0.799. The van der Waals surface area contributed by atoms with Gasteiger partial charge in [0.2, 0.25) is 10.0 Å². The van der Waals surface area contributed by atoms with Gasteiger partial charge in [0.1, 0.15) is 0 Å². The molecule has 0 N–H and O–H groups in total. The minimum atomic E-state index is -3.39. The number of nitrogens with zero attached hydrogens (tertiary/aromatic N) is 1. The first-order chi connectivity index (χ1) is 8.00. The van der Waals surface area contributed by atoms with Gasteiger partial charge in [-0.25, -0.2) is 8.42 Å². The summed E-state index contributed by atoms with van der Waals surface area (Å²) in [6, 6.07) is 9.18. The molecule has 0 bridgehead atoms. The van der Waals surface area contributed by atoms with Gasteiger partial charge in [-0.2, -0.15) is 4.31 Å². The molecule has 93 valence electrons. The Hall–Kier alpha value is -0.910. The SMILES string of the molecule is CC1CN(S(=O)(=O)c2cc[c]cc2)CC(C)O1. The van der Waals surface area contributed by atoms with Crippen LogP contribution in [-0.2, 0) is 14.8 Å². The molecule has 17 heavy (non-hydrogen) atoms. The first kappa shape index (κ1) is 12.5. The third-order valence-electron chi connectivity index (χ3n) is 2.71. The van der Waals surface area contributed by atoms with Crippen LogP contribution in [-0.4, -0.2) is 38.0 Å². The second-order valence-corrected chi connectivity index (χ2v) is 6.25. The molecule has 1 aliphatic rings. The summed E-state index contributed by atoms with van der Waals surface area (Å²) in [6.07, 6.45) is -0.132. The zero-order valence-corrected chi connectivity index (χ0v) is 10.8. The topological polar surface area (TPSA) is 46.6 Å². The van der Waals surface area contributed by atoms with Crippen molar-refractivity contribution < 1.29 is 13.2 Å². The van der Waals surface area contributed by atoms with Gasteiger partial charge in [-0.1, -0.05) is 12.1 Å². The van der Waals surface area contributed by atoms with Gasteiger partial charge in [-0.3, -0.25) is 0 Å². The Kier molecular flexibility index (Phi) is 3.51.